The van der Waals surface area contributed by atoms with E-state index in [-0.39, 0.29) is 0 Å². The van der Waals surface area contributed by atoms with E-state index >= 15 is 0 Å². The molecule has 19 heavy (non-hydrogen) atoms. The van der Waals surface area contributed by atoms with Crippen molar-refractivity contribution in [1.82, 2.24) is 5.32 Å². The standard InChI is InChI=1S/C17H27NO/c1-14-5-3-4-6-16(14)7-8-17(18-2)13-15-9-11-19-12-10-15/h3-6,15,17-18H,7-13H2,1-2H3. The van der Waals surface area contributed by atoms with Crippen LogP contribution in [-0.2, 0) is 11.2 Å². The van der Waals surface area contributed by atoms with Gasteiger partial charge < -0.3 is 10.1 Å². The van der Waals surface area contributed by atoms with Crippen molar-refractivity contribution in [2.75, 3.05) is 20.3 Å². The third kappa shape index (κ3) is 4.63. The largest absolute Gasteiger partial charge is 0.381 e. The summed E-state index contributed by atoms with van der Waals surface area (Å²) in [6, 6.07) is 9.38. The molecular weight excluding hydrogens is 234 g/mol. The molecule has 1 unspecified atom stereocenters. The van der Waals surface area contributed by atoms with Crippen LogP contribution in [0.2, 0.25) is 0 Å². The topological polar surface area (TPSA) is 21.3 Å². The van der Waals surface area contributed by atoms with Crippen LogP contribution in [0, 0.1) is 12.8 Å². The van der Waals surface area contributed by atoms with Gasteiger partial charge in [0.15, 0.2) is 0 Å². The fourth-order valence-electron chi connectivity index (χ4n) is 2.98. The van der Waals surface area contributed by atoms with Crippen LogP contribution in [-0.4, -0.2) is 26.3 Å². The van der Waals surface area contributed by atoms with Gasteiger partial charge in [0.1, 0.15) is 0 Å². The van der Waals surface area contributed by atoms with Crippen molar-refractivity contribution in [3.05, 3.63) is 35.4 Å². The fraction of sp³-hybridized carbons (Fsp3) is 0.647. The maximum atomic E-state index is 5.44. The van der Waals surface area contributed by atoms with E-state index in [0.717, 1.165) is 19.1 Å². The number of aryl methyl sites for hydroxylation is 2. The van der Waals surface area contributed by atoms with Crippen LogP contribution in [0.4, 0.5) is 0 Å². The lowest BCUT2D eigenvalue weighted by molar-refractivity contribution is 0.0605. The van der Waals surface area contributed by atoms with Crippen molar-refractivity contribution in [3.8, 4) is 0 Å². The molecule has 1 atom stereocenters. The minimum Gasteiger partial charge on any atom is -0.381 e. The summed E-state index contributed by atoms with van der Waals surface area (Å²) in [7, 11) is 2.10. The van der Waals surface area contributed by atoms with E-state index in [1.165, 1.54) is 43.2 Å². The summed E-state index contributed by atoms with van der Waals surface area (Å²) in [5.74, 6) is 0.850. The average Bonchev–Trinajstić information content (AvgIpc) is 2.46. The van der Waals surface area contributed by atoms with Crippen LogP contribution in [0.3, 0.4) is 0 Å². The third-order valence-electron chi connectivity index (χ3n) is 4.39. The highest BCUT2D eigenvalue weighted by Gasteiger charge is 2.18. The van der Waals surface area contributed by atoms with Crippen molar-refractivity contribution < 1.29 is 4.74 Å². The zero-order valence-electron chi connectivity index (χ0n) is 12.3. The molecule has 1 aromatic rings. The average molecular weight is 261 g/mol. The highest BCUT2D eigenvalue weighted by atomic mass is 16.5. The molecule has 0 amide bonds. The van der Waals surface area contributed by atoms with Crippen LogP contribution >= 0.6 is 0 Å². The molecule has 1 heterocycles. The summed E-state index contributed by atoms with van der Waals surface area (Å²) in [6.45, 7) is 4.12. The molecule has 106 valence electrons. The number of nitrogens with one attached hydrogen (secondary N) is 1. The molecule has 1 fully saturated rings. The van der Waals surface area contributed by atoms with E-state index in [9.17, 15) is 0 Å². The van der Waals surface area contributed by atoms with E-state index in [0.29, 0.717) is 6.04 Å². The lowest BCUT2D eigenvalue weighted by atomic mass is 9.89. The van der Waals surface area contributed by atoms with Crippen molar-refractivity contribution in [1.29, 1.82) is 0 Å². The Bertz CT molecular complexity index is 371. The summed E-state index contributed by atoms with van der Waals surface area (Å²) in [4.78, 5) is 0. The first-order valence-electron chi connectivity index (χ1n) is 7.59. The predicted molar refractivity (Wildman–Crippen MR) is 80.5 cm³/mol. The van der Waals surface area contributed by atoms with E-state index in [2.05, 4.69) is 43.6 Å². The highest BCUT2D eigenvalue weighted by molar-refractivity contribution is 5.25. The molecule has 1 aliphatic rings. The Morgan fingerprint density at radius 1 is 1.26 bits per heavy atom. The number of hydrogen-bond acceptors (Lipinski definition) is 2. The van der Waals surface area contributed by atoms with E-state index in [1.807, 2.05) is 0 Å². The third-order valence-corrected chi connectivity index (χ3v) is 4.39. The molecule has 1 N–H and O–H groups in total. The Labute approximate surface area is 117 Å². The normalized spacial score (nSPS) is 18.4. The molecule has 1 aliphatic heterocycles. The molecule has 2 heteroatoms. The Morgan fingerprint density at radius 3 is 2.68 bits per heavy atom. The minimum atomic E-state index is 0.641. The van der Waals surface area contributed by atoms with Crippen molar-refractivity contribution in [3.63, 3.8) is 0 Å². The molecule has 1 saturated heterocycles. The first-order valence-corrected chi connectivity index (χ1v) is 7.59. The molecule has 0 saturated carbocycles. The lowest BCUT2D eigenvalue weighted by Crippen LogP contribution is -2.30. The Balaban J connectivity index is 1.80. The van der Waals surface area contributed by atoms with Crippen molar-refractivity contribution >= 4 is 0 Å². The molecule has 0 spiro atoms. The van der Waals surface area contributed by atoms with Gasteiger partial charge in [-0.1, -0.05) is 24.3 Å². The SMILES string of the molecule is CNC(CCc1ccccc1C)CC1CCOCC1. The monoisotopic (exact) mass is 261 g/mol. The molecule has 2 nitrogen and oxygen atoms in total. The second kappa shape index (κ2) is 7.66. The Kier molecular flexibility index (Phi) is 5.87. The zero-order valence-corrected chi connectivity index (χ0v) is 12.3. The second-order valence-electron chi connectivity index (χ2n) is 5.74. The summed E-state index contributed by atoms with van der Waals surface area (Å²) >= 11 is 0. The van der Waals surface area contributed by atoms with Crippen LogP contribution in [0.1, 0.15) is 36.8 Å². The smallest absolute Gasteiger partial charge is 0.0468 e. The molecule has 0 bridgehead atoms. The first kappa shape index (κ1) is 14.5. The maximum absolute atomic E-state index is 5.44. The highest BCUT2D eigenvalue weighted by Crippen LogP contribution is 2.22. The minimum absolute atomic E-state index is 0.641. The van der Waals surface area contributed by atoms with Crippen LogP contribution < -0.4 is 5.32 Å². The van der Waals surface area contributed by atoms with E-state index < -0.39 is 0 Å². The number of ether oxygens (including phenoxy) is 1. The van der Waals surface area contributed by atoms with Crippen molar-refractivity contribution in [2.24, 2.45) is 5.92 Å². The summed E-state index contributed by atoms with van der Waals surface area (Å²) in [6.07, 6.45) is 6.19. The van der Waals surface area contributed by atoms with Gasteiger partial charge in [0.25, 0.3) is 0 Å². The van der Waals surface area contributed by atoms with Crippen molar-refractivity contribution in [2.45, 2.75) is 45.1 Å². The van der Waals surface area contributed by atoms with Gasteiger partial charge in [0.05, 0.1) is 0 Å². The van der Waals surface area contributed by atoms with E-state index in [4.69, 9.17) is 4.74 Å². The van der Waals surface area contributed by atoms with Gasteiger partial charge in [-0.15, -0.1) is 0 Å². The molecule has 0 aliphatic carbocycles. The van der Waals surface area contributed by atoms with Crippen LogP contribution in [0.25, 0.3) is 0 Å². The summed E-state index contributed by atoms with van der Waals surface area (Å²) < 4.78 is 5.44. The maximum Gasteiger partial charge on any atom is 0.0468 e. The molecule has 0 aromatic heterocycles. The number of hydrogen-bond donors (Lipinski definition) is 1. The van der Waals surface area contributed by atoms with Gasteiger partial charge in [-0.2, -0.15) is 0 Å². The second-order valence-corrected chi connectivity index (χ2v) is 5.74. The Morgan fingerprint density at radius 2 is 2.00 bits per heavy atom. The van der Waals surface area contributed by atoms with Gasteiger partial charge >= 0.3 is 0 Å². The van der Waals surface area contributed by atoms with Gasteiger partial charge in [-0.05, 0) is 63.1 Å². The fourth-order valence-corrected chi connectivity index (χ4v) is 2.98. The lowest BCUT2D eigenvalue weighted by Gasteiger charge is -2.26. The first-order chi connectivity index (χ1) is 9.29. The quantitative estimate of drug-likeness (QED) is 0.848. The van der Waals surface area contributed by atoms with Gasteiger partial charge in [-0.25, -0.2) is 0 Å². The van der Waals surface area contributed by atoms with Crippen LogP contribution in [0.15, 0.2) is 24.3 Å². The van der Waals surface area contributed by atoms with Gasteiger partial charge in [0, 0.05) is 19.3 Å². The Hall–Kier alpha value is -0.860. The molecule has 1 aromatic carbocycles. The molecule has 2 rings (SSSR count). The van der Waals surface area contributed by atoms with E-state index in [1.54, 1.807) is 0 Å². The van der Waals surface area contributed by atoms with Gasteiger partial charge in [-0.3, -0.25) is 0 Å². The summed E-state index contributed by atoms with van der Waals surface area (Å²) in [5, 5.41) is 3.50. The molecule has 0 radical (unpaired) electrons. The zero-order chi connectivity index (χ0) is 13.5. The predicted octanol–water partition coefficient (Wildman–Crippen LogP) is 3.33. The number of benzene rings is 1. The molecular formula is C17H27NO. The van der Waals surface area contributed by atoms with Gasteiger partial charge in [0.2, 0.25) is 0 Å². The number of rotatable bonds is 6. The van der Waals surface area contributed by atoms with Crippen LogP contribution in [0.5, 0.6) is 0 Å². The summed E-state index contributed by atoms with van der Waals surface area (Å²) in [5.41, 5.74) is 2.91.